The van der Waals surface area contributed by atoms with Crippen molar-refractivity contribution in [3.63, 3.8) is 0 Å². The fourth-order valence-electron chi connectivity index (χ4n) is 2.62. The van der Waals surface area contributed by atoms with Gasteiger partial charge in [-0.2, -0.15) is 0 Å². The summed E-state index contributed by atoms with van der Waals surface area (Å²) < 4.78 is 2.25. The number of nitrogens with zero attached hydrogens (tertiary/aromatic N) is 5. The number of thiazole rings is 1. The van der Waals surface area contributed by atoms with Crippen molar-refractivity contribution in [3.8, 4) is 0 Å². The maximum atomic E-state index is 4.62. The molecule has 2 aromatic rings. The molecule has 0 saturated carbocycles. The Bertz CT molecular complexity index is 721. The third-order valence-corrected chi connectivity index (χ3v) is 5.34. The van der Waals surface area contributed by atoms with Crippen molar-refractivity contribution in [2.75, 3.05) is 19.3 Å². The standard InChI is InChI=1S/C18H31N7S2/c1-6-19-17(22-11-16-21-10-14(4)27-16)20-9-7-8-15-23-24-18(26-5)25(15)12-13(2)3/h10,13H,6-9,11-12H2,1-5H3,(H2,19,20,22). The topological polar surface area (TPSA) is 80.0 Å². The highest BCUT2D eigenvalue weighted by atomic mass is 32.2. The van der Waals surface area contributed by atoms with Crippen molar-refractivity contribution in [1.82, 2.24) is 30.4 Å². The van der Waals surface area contributed by atoms with Gasteiger partial charge in [-0.05, 0) is 32.4 Å². The Labute approximate surface area is 170 Å². The molecule has 0 radical (unpaired) electrons. The lowest BCUT2D eigenvalue weighted by atomic mass is 10.2. The molecular weight excluding hydrogens is 378 g/mol. The van der Waals surface area contributed by atoms with Crippen LogP contribution in [0.25, 0.3) is 0 Å². The third-order valence-electron chi connectivity index (χ3n) is 3.78. The molecule has 0 atom stereocenters. The van der Waals surface area contributed by atoms with Gasteiger partial charge in [0.15, 0.2) is 11.1 Å². The average Bonchev–Trinajstić information content (AvgIpc) is 3.22. The predicted molar refractivity (Wildman–Crippen MR) is 115 cm³/mol. The van der Waals surface area contributed by atoms with E-state index < -0.39 is 0 Å². The van der Waals surface area contributed by atoms with Gasteiger partial charge in [0.1, 0.15) is 10.8 Å². The first-order valence-corrected chi connectivity index (χ1v) is 11.5. The van der Waals surface area contributed by atoms with Crippen molar-refractivity contribution < 1.29 is 0 Å². The number of rotatable bonds is 10. The van der Waals surface area contributed by atoms with Crippen molar-refractivity contribution in [2.24, 2.45) is 10.9 Å². The Morgan fingerprint density at radius 2 is 2.15 bits per heavy atom. The van der Waals surface area contributed by atoms with Gasteiger partial charge in [0.2, 0.25) is 0 Å². The molecule has 0 aromatic carbocycles. The third kappa shape index (κ3) is 7.14. The Kier molecular flexibility index (Phi) is 9.06. The highest BCUT2D eigenvalue weighted by Gasteiger charge is 2.12. The maximum absolute atomic E-state index is 4.62. The molecule has 2 heterocycles. The molecule has 0 unspecified atom stereocenters. The fraction of sp³-hybridized carbons (Fsp3) is 0.667. The summed E-state index contributed by atoms with van der Waals surface area (Å²) >= 11 is 3.35. The Morgan fingerprint density at radius 3 is 2.78 bits per heavy atom. The largest absolute Gasteiger partial charge is 0.357 e. The zero-order valence-corrected chi connectivity index (χ0v) is 18.6. The Balaban J connectivity index is 1.85. The fourth-order valence-corrected chi connectivity index (χ4v) is 3.85. The number of aromatic nitrogens is 4. The molecule has 2 aromatic heterocycles. The van der Waals surface area contributed by atoms with E-state index in [2.05, 4.69) is 69.3 Å². The molecule has 7 nitrogen and oxygen atoms in total. The number of aliphatic imine (C=N–C) groups is 1. The van der Waals surface area contributed by atoms with Crippen LogP contribution in [0.3, 0.4) is 0 Å². The summed E-state index contributed by atoms with van der Waals surface area (Å²) in [5, 5.41) is 17.4. The lowest BCUT2D eigenvalue weighted by Crippen LogP contribution is -2.37. The van der Waals surface area contributed by atoms with Crippen LogP contribution < -0.4 is 10.6 Å². The lowest BCUT2D eigenvalue weighted by molar-refractivity contribution is 0.477. The van der Waals surface area contributed by atoms with E-state index in [0.29, 0.717) is 12.5 Å². The van der Waals surface area contributed by atoms with Crippen LogP contribution >= 0.6 is 23.1 Å². The molecule has 150 valence electrons. The molecule has 0 aliphatic heterocycles. The molecule has 0 fully saturated rings. The normalized spacial score (nSPS) is 12.0. The summed E-state index contributed by atoms with van der Waals surface area (Å²) in [5.41, 5.74) is 0. The first-order valence-electron chi connectivity index (χ1n) is 9.43. The first kappa shape index (κ1) is 21.7. The van der Waals surface area contributed by atoms with Gasteiger partial charge in [-0.25, -0.2) is 9.98 Å². The molecule has 0 aliphatic carbocycles. The second kappa shape index (κ2) is 11.3. The molecule has 2 N–H and O–H groups in total. The van der Waals surface area contributed by atoms with Crippen LogP contribution in [0.4, 0.5) is 0 Å². The monoisotopic (exact) mass is 409 g/mol. The minimum absolute atomic E-state index is 0.575. The van der Waals surface area contributed by atoms with Gasteiger partial charge in [-0.15, -0.1) is 21.5 Å². The SMILES string of the molecule is CCNC(=NCc1ncc(C)s1)NCCCc1nnc(SC)n1CC(C)C. The second-order valence-corrected chi connectivity index (χ2v) is 8.79. The zero-order valence-electron chi connectivity index (χ0n) is 16.9. The summed E-state index contributed by atoms with van der Waals surface area (Å²) in [6.07, 6.45) is 5.82. The van der Waals surface area contributed by atoms with E-state index in [0.717, 1.165) is 54.4 Å². The summed E-state index contributed by atoms with van der Waals surface area (Å²) in [5.74, 6) is 2.47. The highest BCUT2D eigenvalue weighted by Crippen LogP contribution is 2.16. The van der Waals surface area contributed by atoms with E-state index in [-0.39, 0.29) is 0 Å². The highest BCUT2D eigenvalue weighted by molar-refractivity contribution is 7.98. The van der Waals surface area contributed by atoms with Crippen LogP contribution in [-0.2, 0) is 19.5 Å². The van der Waals surface area contributed by atoms with E-state index in [4.69, 9.17) is 0 Å². The molecule has 0 saturated heterocycles. The molecule has 0 amide bonds. The van der Waals surface area contributed by atoms with Crippen LogP contribution in [0.2, 0.25) is 0 Å². The summed E-state index contributed by atoms with van der Waals surface area (Å²) in [4.78, 5) is 10.2. The minimum atomic E-state index is 0.575. The molecular formula is C18H31N7S2. The van der Waals surface area contributed by atoms with E-state index in [1.165, 1.54) is 4.88 Å². The maximum Gasteiger partial charge on any atom is 0.191 e. The number of thioether (sulfide) groups is 1. The van der Waals surface area contributed by atoms with Gasteiger partial charge in [-0.1, -0.05) is 25.6 Å². The molecule has 0 bridgehead atoms. The summed E-state index contributed by atoms with van der Waals surface area (Å²) in [6.45, 7) is 11.8. The smallest absolute Gasteiger partial charge is 0.191 e. The minimum Gasteiger partial charge on any atom is -0.357 e. The quantitative estimate of drug-likeness (QED) is 0.272. The van der Waals surface area contributed by atoms with Gasteiger partial charge in [0, 0.05) is 37.1 Å². The van der Waals surface area contributed by atoms with Gasteiger partial charge < -0.3 is 15.2 Å². The van der Waals surface area contributed by atoms with Crippen LogP contribution in [0.15, 0.2) is 16.3 Å². The van der Waals surface area contributed by atoms with Crippen LogP contribution in [0, 0.1) is 12.8 Å². The van der Waals surface area contributed by atoms with E-state index in [1.54, 1.807) is 23.1 Å². The Morgan fingerprint density at radius 1 is 1.33 bits per heavy atom. The molecule has 0 aliphatic rings. The van der Waals surface area contributed by atoms with Gasteiger partial charge in [0.05, 0.1) is 6.54 Å². The van der Waals surface area contributed by atoms with Crippen LogP contribution in [-0.4, -0.2) is 45.1 Å². The predicted octanol–water partition coefficient (Wildman–Crippen LogP) is 3.11. The van der Waals surface area contributed by atoms with Crippen molar-refractivity contribution in [1.29, 1.82) is 0 Å². The number of nitrogens with one attached hydrogen (secondary N) is 2. The van der Waals surface area contributed by atoms with Crippen LogP contribution in [0.1, 0.15) is 42.9 Å². The average molecular weight is 410 g/mol. The number of hydrogen-bond donors (Lipinski definition) is 2. The number of guanidine groups is 1. The van der Waals surface area contributed by atoms with Crippen LogP contribution in [0.5, 0.6) is 0 Å². The molecule has 27 heavy (non-hydrogen) atoms. The molecule has 9 heteroatoms. The summed E-state index contributed by atoms with van der Waals surface area (Å²) in [7, 11) is 0. The molecule has 0 spiro atoms. The first-order chi connectivity index (χ1) is 13.0. The zero-order chi connectivity index (χ0) is 19.6. The number of aryl methyl sites for hydroxylation is 2. The van der Waals surface area contributed by atoms with Gasteiger partial charge >= 0.3 is 0 Å². The van der Waals surface area contributed by atoms with Gasteiger partial charge in [0.25, 0.3) is 0 Å². The van der Waals surface area contributed by atoms with Crippen molar-refractivity contribution in [3.05, 3.63) is 21.9 Å². The number of hydrogen-bond acceptors (Lipinski definition) is 6. The lowest BCUT2D eigenvalue weighted by Gasteiger charge is -2.13. The van der Waals surface area contributed by atoms with Crippen molar-refractivity contribution in [2.45, 2.75) is 58.8 Å². The van der Waals surface area contributed by atoms with E-state index >= 15 is 0 Å². The second-order valence-electron chi connectivity index (χ2n) is 6.70. The summed E-state index contributed by atoms with van der Waals surface area (Å²) in [6, 6.07) is 0. The van der Waals surface area contributed by atoms with Gasteiger partial charge in [-0.3, -0.25) is 0 Å². The van der Waals surface area contributed by atoms with E-state index in [1.807, 2.05) is 6.20 Å². The van der Waals surface area contributed by atoms with E-state index in [9.17, 15) is 0 Å². The van der Waals surface area contributed by atoms with Crippen molar-refractivity contribution >= 4 is 29.1 Å². The molecule has 2 rings (SSSR count). The Hall–Kier alpha value is -1.61.